The Morgan fingerprint density at radius 3 is 1.00 bits per heavy atom. The van der Waals surface area contributed by atoms with Gasteiger partial charge in [0.1, 0.15) is 0 Å². The maximum atomic E-state index is 5.00. The van der Waals surface area contributed by atoms with Crippen LogP contribution in [0, 0.1) is 78.9 Å². The van der Waals surface area contributed by atoms with Gasteiger partial charge in [0.15, 0.2) is 0 Å². The number of rotatable bonds is 0. The molecule has 0 rings (SSSR count). The summed E-state index contributed by atoms with van der Waals surface area (Å²) in [6, 6.07) is 0. The van der Waals surface area contributed by atoms with Crippen molar-refractivity contribution < 1.29 is 78.9 Å². The van der Waals surface area contributed by atoms with Gasteiger partial charge >= 0.3 is 47.2 Å². The van der Waals surface area contributed by atoms with E-state index in [1.54, 1.807) is 0 Å². The first kappa shape index (κ1) is 11.6. The molecule has 0 amide bonds. The monoisotopic (exact) mass is 410 g/mol. The van der Waals surface area contributed by atoms with E-state index in [0.29, 0.717) is 0 Å². The van der Waals surface area contributed by atoms with Crippen molar-refractivity contribution in [3.63, 3.8) is 0 Å². The van der Waals surface area contributed by atoms with Crippen LogP contribution in [-0.2, 0) is 0 Å². The summed E-state index contributed by atoms with van der Waals surface area (Å²) in [6.45, 7) is 0. The van der Waals surface area contributed by atoms with Gasteiger partial charge in [-0.2, -0.15) is 0 Å². The van der Waals surface area contributed by atoms with Crippen LogP contribution in [0.15, 0.2) is 0 Å². The predicted octanol–water partition coefficient (Wildman–Crippen LogP) is 2.07. The van der Waals surface area contributed by atoms with E-state index in [1.165, 1.54) is 0 Å². The molecule has 0 unspecified atom stereocenters. The van der Waals surface area contributed by atoms with E-state index in [0.717, 1.165) is 0 Å². The van der Waals surface area contributed by atoms with Crippen LogP contribution in [0.2, 0.25) is 0 Å². The Morgan fingerprint density at radius 2 is 1.00 bits per heavy atom. The van der Waals surface area contributed by atoms with Crippen LogP contribution < -0.4 is 0 Å². The molecule has 0 N–H and O–H groups in total. The molecular formula is Cl3EuSm. The molecule has 0 aliphatic rings. The zero-order valence-electron chi connectivity index (χ0n) is 1.92. The molecule has 5 heteroatoms. The van der Waals surface area contributed by atoms with Gasteiger partial charge in [0.2, 0.25) is 0 Å². The number of hydrogen-bond acceptors (Lipinski definition) is 0. The molecule has 0 atom stereocenters. The SMILES string of the molecule is [Cl][Sm]([Cl])[Cl].[Eu]. The zero-order valence-corrected chi connectivity index (χ0v) is 9.23. The molecule has 34 valence electrons. The molecule has 0 nitrogen and oxygen atoms in total. The third-order valence-electron chi connectivity index (χ3n) is 0. The molecule has 0 aromatic rings. The van der Waals surface area contributed by atoms with Gasteiger partial charge < -0.3 is 0 Å². The summed E-state index contributed by atoms with van der Waals surface area (Å²) in [5.74, 6) is 15.0. The molecule has 0 saturated heterocycles. The molecule has 0 fully saturated rings. The van der Waals surface area contributed by atoms with E-state index in [9.17, 15) is 0 Å². The van der Waals surface area contributed by atoms with Crippen LogP contribution >= 0.6 is 17.7 Å². The smallest absolute Gasteiger partial charge is 0 e. The van der Waals surface area contributed by atoms with Crippen molar-refractivity contribution in [3.05, 3.63) is 0 Å². The van der Waals surface area contributed by atoms with Gasteiger partial charge in [-0.3, -0.25) is 0 Å². The first-order valence-electron chi connectivity index (χ1n) is 0.463. The van der Waals surface area contributed by atoms with Crippen molar-refractivity contribution in [3.8, 4) is 0 Å². The first-order chi connectivity index (χ1) is 1.73. The Morgan fingerprint density at radius 1 is 1.00 bits per heavy atom. The summed E-state index contributed by atoms with van der Waals surface area (Å²) in [5, 5.41) is 0. The van der Waals surface area contributed by atoms with Gasteiger partial charge in [-0.1, -0.05) is 0 Å². The Kier molecular flexibility index (Phi) is 18.0. The zero-order chi connectivity index (χ0) is 3.58. The molecule has 0 saturated carbocycles. The summed E-state index contributed by atoms with van der Waals surface area (Å²) in [5.41, 5.74) is 0. The minimum atomic E-state index is -2.11. The Balaban J connectivity index is 0. The van der Waals surface area contributed by atoms with Gasteiger partial charge in [0.25, 0.3) is 0 Å². The van der Waals surface area contributed by atoms with Crippen molar-refractivity contribution in [1.29, 1.82) is 0 Å². The third kappa shape index (κ3) is 18.2. The maximum absolute atomic E-state index is 5.00. The number of hydrogen-bond donors (Lipinski definition) is 0. The van der Waals surface area contributed by atoms with E-state index < -0.39 is 29.6 Å². The molecule has 0 aromatic carbocycles. The van der Waals surface area contributed by atoms with Gasteiger partial charge in [0.05, 0.1) is 0 Å². The molecule has 0 aliphatic heterocycles. The minimum Gasteiger partial charge on any atom is 0 e. The van der Waals surface area contributed by atoms with E-state index in [2.05, 4.69) is 0 Å². The molecule has 0 spiro atoms. The summed E-state index contributed by atoms with van der Waals surface area (Å²) in [7, 11) is 0. The van der Waals surface area contributed by atoms with Crippen molar-refractivity contribution in [1.82, 2.24) is 0 Å². The molecule has 0 heterocycles. The van der Waals surface area contributed by atoms with E-state index in [1.807, 2.05) is 0 Å². The first-order valence-corrected chi connectivity index (χ1v) is 10.3. The van der Waals surface area contributed by atoms with Gasteiger partial charge in [-0.15, -0.1) is 0 Å². The van der Waals surface area contributed by atoms with E-state index in [4.69, 9.17) is 17.7 Å². The third-order valence-corrected chi connectivity index (χ3v) is 0. The average Bonchev–Trinajstić information content (AvgIpc) is 0.811. The summed E-state index contributed by atoms with van der Waals surface area (Å²) in [6.07, 6.45) is 0. The molecule has 0 aromatic heterocycles. The normalized spacial score (nSPS) is 7.20. The summed E-state index contributed by atoms with van der Waals surface area (Å²) in [4.78, 5) is 0. The fourth-order valence-corrected chi connectivity index (χ4v) is 0. The van der Waals surface area contributed by atoms with Crippen LogP contribution in [0.1, 0.15) is 0 Å². The van der Waals surface area contributed by atoms with E-state index in [-0.39, 0.29) is 49.4 Å². The largest absolute Gasteiger partial charge is 0 e. The molecule has 0 bridgehead atoms. The Bertz CT molecular complexity index is 11.6. The van der Waals surface area contributed by atoms with Gasteiger partial charge in [0, 0.05) is 49.4 Å². The summed E-state index contributed by atoms with van der Waals surface area (Å²) < 4.78 is 0. The minimum absolute atomic E-state index is 0. The average molecular weight is 409 g/mol. The fraction of sp³-hybridized carbons (Fsp3) is 0. The summed E-state index contributed by atoms with van der Waals surface area (Å²) >= 11 is -2.11. The van der Waals surface area contributed by atoms with Crippen LogP contribution in [0.4, 0.5) is 0 Å². The fourth-order valence-electron chi connectivity index (χ4n) is 0. The Labute approximate surface area is 93.1 Å². The van der Waals surface area contributed by atoms with Crippen LogP contribution in [0.25, 0.3) is 0 Å². The molecular weight excluding hydrogens is 409 g/mol. The maximum Gasteiger partial charge on any atom is 0 e. The topological polar surface area (TPSA) is 0 Å². The van der Waals surface area contributed by atoms with Crippen LogP contribution in [0.5, 0.6) is 0 Å². The van der Waals surface area contributed by atoms with Crippen LogP contribution in [-0.4, -0.2) is 0 Å². The van der Waals surface area contributed by atoms with E-state index >= 15 is 0 Å². The second-order valence-electron chi connectivity index (χ2n) is 0.175. The van der Waals surface area contributed by atoms with Crippen molar-refractivity contribution >= 4 is 17.7 Å². The van der Waals surface area contributed by atoms with Crippen LogP contribution in [0.3, 0.4) is 0 Å². The quantitative estimate of drug-likeness (QED) is 0.576. The van der Waals surface area contributed by atoms with Crippen molar-refractivity contribution in [2.24, 2.45) is 0 Å². The van der Waals surface area contributed by atoms with Gasteiger partial charge in [-0.25, -0.2) is 0 Å². The standard InChI is InChI=1S/3ClH.Eu.Sm/h3*1H;;/q;;;;+3/p-3. The van der Waals surface area contributed by atoms with Crippen molar-refractivity contribution in [2.75, 3.05) is 0 Å². The molecule has 0 aliphatic carbocycles. The van der Waals surface area contributed by atoms with Crippen molar-refractivity contribution in [2.45, 2.75) is 0 Å². The van der Waals surface area contributed by atoms with Gasteiger partial charge in [-0.05, 0) is 0 Å². The predicted molar refractivity (Wildman–Crippen MR) is 17.6 cm³/mol. The number of halogens is 3. The Hall–Kier alpha value is 3.79. The second kappa shape index (κ2) is 7.79. The molecule has 5 heavy (non-hydrogen) atoms. The molecule has 1 radical (unpaired) electrons. The second-order valence-corrected chi connectivity index (χ2v) is 11.7.